The molecule has 3 aliphatic rings. The minimum absolute atomic E-state index is 0.0220. The number of hydrogen-bond acceptors (Lipinski definition) is 2. The quantitative estimate of drug-likeness (QED) is 0.671. The second kappa shape index (κ2) is 7.30. The first-order valence-corrected chi connectivity index (χ1v) is 12.8. The van der Waals surface area contributed by atoms with Crippen LogP contribution in [0.4, 0.5) is 0 Å². The predicted molar refractivity (Wildman–Crippen MR) is 119 cm³/mol. The van der Waals surface area contributed by atoms with Gasteiger partial charge in [0.2, 0.25) is 0 Å². The molecule has 3 heteroatoms. The van der Waals surface area contributed by atoms with Gasteiger partial charge in [-0.05, 0) is 0 Å². The first-order chi connectivity index (χ1) is 14.0. The van der Waals surface area contributed by atoms with Gasteiger partial charge in [-0.1, -0.05) is 0 Å². The molecule has 0 aromatic heterocycles. The number of phenolic OH excluding ortho intramolecular Hbond substituents is 1. The molecule has 0 amide bonds. The molecular formula is C26H30O2Se. The Morgan fingerprint density at radius 1 is 1.03 bits per heavy atom. The van der Waals surface area contributed by atoms with Gasteiger partial charge in [-0.25, -0.2) is 0 Å². The van der Waals surface area contributed by atoms with Crippen molar-refractivity contribution in [1.82, 2.24) is 0 Å². The van der Waals surface area contributed by atoms with E-state index in [-0.39, 0.29) is 20.4 Å². The fourth-order valence-electron chi connectivity index (χ4n) is 6.62. The van der Waals surface area contributed by atoms with Crippen molar-refractivity contribution in [3.8, 4) is 5.75 Å². The van der Waals surface area contributed by atoms with Gasteiger partial charge in [0.05, 0.1) is 0 Å². The molecule has 0 saturated heterocycles. The van der Waals surface area contributed by atoms with Crippen molar-refractivity contribution in [2.24, 2.45) is 17.3 Å². The second-order valence-corrected chi connectivity index (χ2v) is 11.5. The molecule has 2 saturated carbocycles. The molecule has 0 spiro atoms. The van der Waals surface area contributed by atoms with Gasteiger partial charge in [-0.3, -0.25) is 0 Å². The third-order valence-electron chi connectivity index (χ3n) is 8.22. The summed E-state index contributed by atoms with van der Waals surface area (Å²) in [6.45, 7) is 2.35. The van der Waals surface area contributed by atoms with E-state index in [0.29, 0.717) is 23.5 Å². The van der Waals surface area contributed by atoms with Gasteiger partial charge in [0.15, 0.2) is 0 Å². The van der Waals surface area contributed by atoms with E-state index >= 15 is 0 Å². The zero-order valence-corrected chi connectivity index (χ0v) is 18.8. The summed E-state index contributed by atoms with van der Waals surface area (Å²) in [6.07, 6.45) is 8.66. The summed E-state index contributed by atoms with van der Waals surface area (Å²) in [5, 5.41) is 21.6. The van der Waals surface area contributed by atoms with Crippen molar-refractivity contribution >= 4 is 19.4 Å². The fourth-order valence-corrected chi connectivity index (χ4v) is 8.22. The molecule has 0 aliphatic heterocycles. The van der Waals surface area contributed by atoms with Crippen LogP contribution >= 0.6 is 0 Å². The molecule has 2 fully saturated rings. The molecule has 5 rings (SSSR count). The Hall–Kier alpha value is -1.54. The summed E-state index contributed by atoms with van der Waals surface area (Å²) < 4.78 is 1.36. The monoisotopic (exact) mass is 454 g/mol. The molecule has 152 valence electrons. The number of hydrogen-bond donors (Lipinski definition) is 2. The summed E-state index contributed by atoms with van der Waals surface area (Å²) in [6, 6.07) is 16.6. The average Bonchev–Trinajstić information content (AvgIpc) is 2.99. The molecule has 2 aromatic carbocycles. The Morgan fingerprint density at radius 2 is 1.86 bits per heavy atom. The van der Waals surface area contributed by atoms with Crippen molar-refractivity contribution in [3.63, 3.8) is 0 Å². The number of rotatable bonds is 3. The van der Waals surface area contributed by atoms with Crippen LogP contribution in [0.15, 0.2) is 59.6 Å². The van der Waals surface area contributed by atoms with Crippen molar-refractivity contribution in [2.75, 3.05) is 0 Å². The number of benzene rings is 2. The van der Waals surface area contributed by atoms with E-state index in [2.05, 4.69) is 54.4 Å². The molecule has 29 heavy (non-hydrogen) atoms. The van der Waals surface area contributed by atoms with Crippen LogP contribution in [-0.4, -0.2) is 30.8 Å². The van der Waals surface area contributed by atoms with Crippen molar-refractivity contribution in [2.45, 2.75) is 57.0 Å². The Labute approximate surface area is 180 Å². The zero-order chi connectivity index (χ0) is 20.1. The summed E-state index contributed by atoms with van der Waals surface area (Å²) in [5.74, 6) is 2.23. The van der Waals surface area contributed by atoms with Crippen LogP contribution in [0, 0.1) is 17.3 Å². The zero-order valence-electron chi connectivity index (χ0n) is 17.1. The molecule has 3 aliphatic carbocycles. The van der Waals surface area contributed by atoms with Gasteiger partial charge in [0, 0.05) is 0 Å². The van der Waals surface area contributed by atoms with Gasteiger partial charge in [-0.15, -0.1) is 0 Å². The van der Waals surface area contributed by atoms with Crippen LogP contribution in [0.25, 0.3) is 0 Å². The van der Waals surface area contributed by atoms with Crippen LogP contribution in [0.2, 0.25) is 0 Å². The SMILES string of the molecule is CC12CCC3c4ccc(O)cc4CCC3C1CCC2(O)C=C[Se]c1ccccc1. The van der Waals surface area contributed by atoms with Crippen molar-refractivity contribution in [1.29, 1.82) is 0 Å². The van der Waals surface area contributed by atoms with Gasteiger partial charge >= 0.3 is 180 Å². The molecule has 2 aromatic rings. The van der Waals surface area contributed by atoms with E-state index in [1.165, 1.54) is 22.0 Å². The van der Waals surface area contributed by atoms with Gasteiger partial charge in [0.25, 0.3) is 0 Å². The third kappa shape index (κ3) is 3.19. The summed E-state index contributed by atoms with van der Waals surface area (Å²) >= 11 is 0.272. The van der Waals surface area contributed by atoms with E-state index in [9.17, 15) is 10.2 Å². The summed E-state index contributed by atoms with van der Waals surface area (Å²) in [4.78, 5) is 2.25. The van der Waals surface area contributed by atoms with Crippen molar-refractivity contribution in [3.05, 3.63) is 70.7 Å². The Morgan fingerprint density at radius 3 is 2.69 bits per heavy atom. The van der Waals surface area contributed by atoms with Gasteiger partial charge in [0.1, 0.15) is 0 Å². The van der Waals surface area contributed by atoms with E-state index in [1.807, 2.05) is 12.1 Å². The first-order valence-electron chi connectivity index (χ1n) is 10.9. The topological polar surface area (TPSA) is 40.5 Å². The molecule has 2 N–H and O–H groups in total. The molecule has 0 bridgehead atoms. The third-order valence-corrected chi connectivity index (χ3v) is 9.93. The maximum absolute atomic E-state index is 11.7. The number of aryl methyl sites for hydroxylation is 1. The van der Waals surface area contributed by atoms with Crippen LogP contribution in [0.5, 0.6) is 5.75 Å². The van der Waals surface area contributed by atoms with E-state index < -0.39 is 5.60 Å². The van der Waals surface area contributed by atoms with E-state index in [1.54, 1.807) is 0 Å². The van der Waals surface area contributed by atoms with Crippen LogP contribution in [0.3, 0.4) is 0 Å². The minimum atomic E-state index is -0.672. The molecular weight excluding hydrogens is 423 g/mol. The van der Waals surface area contributed by atoms with E-state index in [4.69, 9.17) is 0 Å². The first kappa shape index (κ1) is 19.4. The van der Waals surface area contributed by atoms with Crippen LogP contribution in [0.1, 0.15) is 56.1 Å². The normalized spacial score (nSPS) is 35.9. The molecule has 0 heterocycles. The van der Waals surface area contributed by atoms with Crippen LogP contribution in [-0.2, 0) is 6.42 Å². The number of aliphatic hydroxyl groups is 1. The van der Waals surface area contributed by atoms with E-state index in [0.717, 1.165) is 32.1 Å². The number of aromatic hydroxyl groups is 1. The van der Waals surface area contributed by atoms with Crippen molar-refractivity contribution < 1.29 is 10.2 Å². The average molecular weight is 453 g/mol. The standard InChI is InChI=1S/C26H30O2Se/c1-25-13-11-22-21-10-8-19(27)17-18(21)7-9-23(22)24(25)12-14-26(25,28)15-16-29-20-5-3-2-4-6-20/h2-6,8,10,15-17,22-24,27-28H,7,9,11-14H2,1H3. The summed E-state index contributed by atoms with van der Waals surface area (Å²) in [7, 11) is 0. The van der Waals surface area contributed by atoms with Crippen LogP contribution < -0.4 is 4.46 Å². The molecule has 0 radical (unpaired) electrons. The number of fused-ring (bicyclic) bond motifs is 5. The Balaban J connectivity index is 1.38. The molecule has 2 nitrogen and oxygen atoms in total. The fraction of sp³-hybridized carbons (Fsp3) is 0.462. The van der Waals surface area contributed by atoms with Gasteiger partial charge in [-0.2, -0.15) is 0 Å². The van der Waals surface area contributed by atoms with Gasteiger partial charge < -0.3 is 0 Å². The molecule has 5 atom stereocenters. The maximum atomic E-state index is 11.7. The molecule has 5 unspecified atom stereocenters. The number of phenols is 1. The summed E-state index contributed by atoms with van der Waals surface area (Å²) in [5.41, 5.74) is 2.10. The Bertz CT molecular complexity index is 924. The predicted octanol–water partition coefficient (Wildman–Crippen LogP) is 4.52. The second-order valence-electron chi connectivity index (χ2n) is 9.45. The Kier molecular flexibility index (Phi) is 4.89.